The number of pyridine rings is 1. The molecule has 1 heterocycles. The van der Waals surface area contributed by atoms with Gasteiger partial charge in [-0.05, 0) is 49.3 Å². The molecule has 0 aliphatic heterocycles. The van der Waals surface area contributed by atoms with Crippen LogP contribution in [0, 0.1) is 12.3 Å². The van der Waals surface area contributed by atoms with E-state index in [0.717, 1.165) is 6.54 Å². The Kier molecular flexibility index (Phi) is 5.80. The zero-order chi connectivity index (χ0) is 13.6. The van der Waals surface area contributed by atoms with E-state index in [1.807, 2.05) is 12.4 Å². The Labute approximate surface area is 112 Å². The highest BCUT2D eigenvalue weighted by Gasteiger charge is 2.16. The van der Waals surface area contributed by atoms with E-state index in [1.165, 1.54) is 30.4 Å². The molecule has 18 heavy (non-hydrogen) atoms. The lowest BCUT2D eigenvalue weighted by atomic mass is 9.87. The zero-order valence-electron chi connectivity index (χ0n) is 12.6. The number of rotatable bonds is 6. The molecule has 0 bridgehead atoms. The zero-order valence-corrected chi connectivity index (χ0v) is 12.6. The van der Waals surface area contributed by atoms with Crippen LogP contribution in [0.25, 0.3) is 0 Å². The van der Waals surface area contributed by atoms with Crippen molar-refractivity contribution in [3.8, 4) is 0 Å². The van der Waals surface area contributed by atoms with Crippen LogP contribution in [-0.4, -0.2) is 11.5 Å². The summed E-state index contributed by atoms with van der Waals surface area (Å²) >= 11 is 0. The van der Waals surface area contributed by atoms with Crippen molar-refractivity contribution in [2.75, 3.05) is 6.54 Å². The molecule has 1 aromatic heterocycles. The summed E-state index contributed by atoms with van der Waals surface area (Å²) in [6.07, 6.45) is 7.50. The molecule has 1 rings (SSSR count). The maximum atomic E-state index is 4.32. The Bertz CT molecular complexity index is 352. The number of nitrogens with zero attached hydrogens (tertiary/aromatic N) is 1. The van der Waals surface area contributed by atoms with Gasteiger partial charge in [0, 0.05) is 18.4 Å². The maximum absolute atomic E-state index is 4.32. The van der Waals surface area contributed by atoms with Crippen molar-refractivity contribution in [2.24, 2.45) is 5.41 Å². The highest BCUT2D eigenvalue weighted by atomic mass is 14.9. The van der Waals surface area contributed by atoms with Crippen LogP contribution >= 0.6 is 0 Å². The van der Waals surface area contributed by atoms with Crippen LogP contribution in [0.15, 0.2) is 18.5 Å². The number of aromatic nitrogens is 1. The molecule has 1 N–H and O–H groups in total. The van der Waals surface area contributed by atoms with Gasteiger partial charge in [-0.15, -0.1) is 0 Å². The second-order valence-electron chi connectivity index (χ2n) is 6.40. The van der Waals surface area contributed by atoms with Crippen LogP contribution in [0.5, 0.6) is 0 Å². The molecule has 2 heteroatoms. The number of hydrogen-bond donors (Lipinski definition) is 1. The number of hydrogen-bond acceptors (Lipinski definition) is 2. The minimum atomic E-state index is 0.392. The van der Waals surface area contributed by atoms with E-state index < -0.39 is 0 Å². The first-order valence-corrected chi connectivity index (χ1v) is 7.07. The molecule has 1 atom stereocenters. The third-order valence-corrected chi connectivity index (χ3v) is 3.12. The molecule has 0 aromatic carbocycles. The quantitative estimate of drug-likeness (QED) is 0.813. The Hall–Kier alpha value is -0.890. The molecule has 0 saturated heterocycles. The molecule has 0 aliphatic rings. The minimum Gasteiger partial charge on any atom is -0.310 e. The predicted molar refractivity (Wildman–Crippen MR) is 78.7 cm³/mol. The van der Waals surface area contributed by atoms with Crippen LogP contribution in [0.2, 0.25) is 0 Å². The van der Waals surface area contributed by atoms with E-state index in [1.54, 1.807) is 0 Å². The smallest absolute Gasteiger partial charge is 0.0335 e. The number of nitrogens with one attached hydrogen (secondary N) is 1. The van der Waals surface area contributed by atoms with Crippen molar-refractivity contribution in [3.05, 3.63) is 29.6 Å². The molecular weight excluding hydrogens is 220 g/mol. The second kappa shape index (κ2) is 6.89. The van der Waals surface area contributed by atoms with Gasteiger partial charge < -0.3 is 5.32 Å². The lowest BCUT2D eigenvalue weighted by molar-refractivity contribution is 0.332. The molecule has 1 unspecified atom stereocenters. The molecule has 0 spiro atoms. The van der Waals surface area contributed by atoms with Crippen molar-refractivity contribution in [3.63, 3.8) is 0 Å². The molecule has 2 nitrogen and oxygen atoms in total. The van der Waals surface area contributed by atoms with Gasteiger partial charge in [0.1, 0.15) is 0 Å². The third-order valence-electron chi connectivity index (χ3n) is 3.12. The summed E-state index contributed by atoms with van der Waals surface area (Å²) in [5, 5.41) is 3.65. The van der Waals surface area contributed by atoms with Gasteiger partial charge in [-0.1, -0.05) is 33.8 Å². The van der Waals surface area contributed by atoms with Gasteiger partial charge in [0.05, 0.1) is 0 Å². The summed E-state index contributed by atoms with van der Waals surface area (Å²) in [6, 6.07) is 2.69. The topological polar surface area (TPSA) is 24.9 Å². The Morgan fingerprint density at radius 3 is 2.56 bits per heavy atom. The first-order valence-electron chi connectivity index (χ1n) is 7.07. The van der Waals surface area contributed by atoms with Crippen molar-refractivity contribution in [2.45, 2.75) is 59.9 Å². The minimum absolute atomic E-state index is 0.392. The normalized spacial score (nSPS) is 13.6. The molecule has 1 aromatic rings. The van der Waals surface area contributed by atoms with Gasteiger partial charge >= 0.3 is 0 Å². The van der Waals surface area contributed by atoms with Crippen LogP contribution in [0.4, 0.5) is 0 Å². The first-order chi connectivity index (χ1) is 8.42. The van der Waals surface area contributed by atoms with Crippen molar-refractivity contribution >= 4 is 0 Å². The molecule has 0 saturated carbocycles. The Morgan fingerprint density at radius 2 is 2.00 bits per heavy atom. The average molecular weight is 248 g/mol. The van der Waals surface area contributed by atoms with Gasteiger partial charge in [-0.2, -0.15) is 0 Å². The molecular formula is C16H28N2. The molecule has 0 fully saturated rings. The lowest BCUT2D eigenvalue weighted by Crippen LogP contribution is -2.24. The lowest BCUT2D eigenvalue weighted by Gasteiger charge is -2.24. The van der Waals surface area contributed by atoms with Gasteiger partial charge in [0.15, 0.2) is 0 Å². The average Bonchev–Trinajstić information content (AvgIpc) is 2.28. The summed E-state index contributed by atoms with van der Waals surface area (Å²) in [4.78, 5) is 4.32. The van der Waals surface area contributed by atoms with Gasteiger partial charge in [0.2, 0.25) is 0 Å². The summed E-state index contributed by atoms with van der Waals surface area (Å²) in [5.74, 6) is 0. The summed E-state index contributed by atoms with van der Waals surface area (Å²) in [6.45, 7) is 12.3. The molecule has 102 valence electrons. The third kappa shape index (κ3) is 5.63. The van der Waals surface area contributed by atoms with E-state index in [4.69, 9.17) is 0 Å². The molecule has 0 radical (unpaired) electrons. The fraction of sp³-hybridized carbons (Fsp3) is 0.688. The highest BCUT2D eigenvalue weighted by molar-refractivity contribution is 5.20. The summed E-state index contributed by atoms with van der Waals surface area (Å²) in [5.41, 5.74) is 2.96. The van der Waals surface area contributed by atoms with Gasteiger partial charge in [-0.25, -0.2) is 0 Å². The Balaban J connectivity index is 2.71. The van der Waals surface area contributed by atoms with Crippen LogP contribution in [-0.2, 0) is 0 Å². The van der Waals surface area contributed by atoms with Crippen LogP contribution < -0.4 is 5.32 Å². The van der Waals surface area contributed by atoms with E-state index in [-0.39, 0.29) is 0 Å². The van der Waals surface area contributed by atoms with E-state index >= 15 is 0 Å². The van der Waals surface area contributed by atoms with Crippen LogP contribution in [0.3, 0.4) is 0 Å². The van der Waals surface area contributed by atoms with E-state index in [2.05, 4.69) is 51.0 Å². The second-order valence-corrected chi connectivity index (χ2v) is 6.40. The summed E-state index contributed by atoms with van der Waals surface area (Å²) < 4.78 is 0. The highest BCUT2D eigenvalue weighted by Crippen LogP contribution is 2.27. The van der Waals surface area contributed by atoms with E-state index in [0.29, 0.717) is 11.5 Å². The monoisotopic (exact) mass is 248 g/mol. The fourth-order valence-electron chi connectivity index (χ4n) is 2.05. The Morgan fingerprint density at radius 1 is 1.28 bits per heavy atom. The van der Waals surface area contributed by atoms with Crippen LogP contribution in [0.1, 0.15) is 64.1 Å². The van der Waals surface area contributed by atoms with E-state index in [9.17, 15) is 0 Å². The predicted octanol–water partition coefficient (Wildman–Crippen LogP) is 4.26. The first kappa shape index (κ1) is 15.2. The van der Waals surface area contributed by atoms with Gasteiger partial charge in [-0.3, -0.25) is 4.98 Å². The van der Waals surface area contributed by atoms with Crippen molar-refractivity contribution in [1.29, 1.82) is 0 Å². The van der Waals surface area contributed by atoms with Crippen molar-refractivity contribution < 1.29 is 0 Å². The molecule has 0 aliphatic carbocycles. The van der Waals surface area contributed by atoms with Crippen molar-refractivity contribution in [1.82, 2.24) is 10.3 Å². The number of aryl methyl sites for hydroxylation is 1. The SMILES string of the molecule is CCCNC(CCC(C)(C)C)c1cncc(C)c1. The molecule has 0 amide bonds. The largest absolute Gasteiger partial charge is 0.310 e. The standard InChI is InChI=1S/C16H28N2/c1-6-9-18-15(7-8-16(3,4)5)14-10-13(2)11-17-12-14/h10-12,15,18H,6-9H2,1-5H3. The summed E-state index contributed by atoms with van der Waals surface area (Å²) in [7, 11) is 0. The van der Waals surface area contributed by atoms with Gasteiger partial charge in [0.25, 0.3) is 0 Å². The fourth-order valence-corrected chi connectivity index (χ4v) is 2.05. The maximum Gasteiger partial charge on any atom is 0.0335 e.